The standard InChI is InChI=1S/C14H19ClN2O2/c15-11-1-2-13(18)12(9-11)14(19)17-7-4-10(3-6-16)5-8-17/h1-2,9-10,18H,3-8,16H2. The molecule has 1 amide bonds. The van der Waals surface area contributed by atoms with Gasteiger partial charge in [-0.1, -0.05) is 11.6 Å². The van der Waals surface area contributed by atoms with E-state index in [-0.39, 0.29) is 17.2 Å². The minimum absolute atomic E-state index is 0.0153. The molecule has 104 valence electrons. The molecule has 0 spiro atoms. The average molecular weight is 283 g/mol. The molecule has 5 heteroatoms. The normalized spacial score (nSPS) is 16.6. The molecular formula is C14H19ClN2O2. The van der Waals surface area contributed by atoms with E-state index in [1.54, 1.807) is 11.0 Å². The molecule has 1 aliphatic heterocycles. The number of hydrogen-bond acceptors (Lipinski definition) is 3. The van der Waals surface area contributed by atoms with Crippen LogP contribution < -0.4 is 5.73 Å². The van der Waals surface area contributed by atoms with Crippen molar-refractivity contribution in [1.29, 1.82) is 0 Å². The van der Waals surface area contributed by atoms with E-state index in [1.165, 1.54) is 12.1 Å². The topological polar surface area (TPSA) is 66.6 Å². The minimum atomic E-state index is -0.147. The largest absolute Gasteiger partial charge is 0.507 e. The van der Waals surface area contributed by atoms with Gasteiger partial charge in [0.15, 0.2) is 0 Å². The van der Waals surface area contributed by atoms with Gasteiger partial charge in [0, 0.05) is 18.1 Å². The van der Waals surface area contributed by atoms with E-state index in [0.29, 0.717) is 17.5 Å². The number of phenols is 1. The number of phenolic OH excluding ortho intramolecular Hbond substituents is 1. The van der Waals surface area contributed by atoms with Gasteiger partial charge in [0.25, 0.3) is 5.91 Å². The fourth-order valence-electron chi connectivity index (χ4n) is 2.51. The molecule has 0 atom stereocenters. The van der Waals surface area contributed by atoms with E-state index in [1.807, 2.05) is 0 Å². The Kier molecular flexibility index (Phi) is 4.66. The second-order valence-corrected chi connectivity index (χ2v) is 5.41. The number of nitrogens with zero attached hydrogens (tertiary/aromatic N) is 1. The molecule has 1 heterocycles. The van der Waals surface area contributed by atoms with Crippen molar-refractivity contribution < 1.29 is 9.90 Å². The summed E-state index contributed by atoms with van der Waals surface area (Å²) in [6.45, 7) is 2.14. The van der Waals surface area contributed by atoms with Crippen LogP contribution in [0.25, 0.3) is 0 Å². The van der Waals surface area contributed by atoms with Crippen molar-refractivity contribution >= 4 is 17.5 Å². The molecule has 4 nitrogen and oxygen atoms in total. The highest BCUT2D eigenvalue weighted by Crippen LogP contribution is 2.26. The first-order chi connectivity index (χ1) is 9.11. The van der Waals surface area contributed by atoms with Crippen LogP contribution in [0.3, 0.4) is 0 Å². The van der Waals surface area contributed by atoms with Crippen molar-refractivity contribution in [3.63, 3.8) is 0 Å². The van der Waals surface area contributed by atoms with Crippen molar-refractivity contribution in [3.05, 3.63) is 28.8 Å². The number of hydrogen-bond donors (Lipinski definition) is 2. The lowest BCUT2D eigenvalue weighted by atomic mass is 9.93. The molecule has 1 aromatic rings. The van der Waals surface area contributed by atoms with E-state index >= 15 is 0 Å². The molecule has 2 rings (SSSR count). The van der Waals surface area contributed by atoms with E-state index in [2.05, 4.69) is 0 Å². The van der Waals surface area contributed by atoms with Crippen LogP contribution in [0, 0.1) is 5.92 Å². The molecule has 1 aliphatic rings. The predicted molar refractivity (Wildman–Crippen MR) is 75.4 cm³/mol. The zero-order chi connectivity index (χ0) is 13.8. The summed E-state index contributed by atoms with van der Waals surface area (Å²) in [6, 6.07) is 4.54. The summed E-state index contributed by atoms with van der Waals surface area (Å²) >= 11 is 5.87. The van der Waals surface area contributed by atoms with E-state index < -0.39 is 0 Å². The van der Waals surface area contributed by atoms with Crippen molar-refractivity contribution in [2.75, 3.05) is 19.6 Å². The fraction of sp³-hybridized carbons (Fsp3) is 0.500. The second-order valence-electron chi connectivity index (χ2n) is 4.97. The molecule has 1 fully saturated rings. The maximum Gasteiger partial charge on any atom is 0.257 e. The van der Waals surface area contributed by atoms with Crippen molar-refractivity contribution in [2.24, 2.45) is 11.7 Å². The molecule has 1 saturated heterocycles. The third kappa shape index (κ3) is 3.39. The molecule has 0 aromatic heterocycles. The highest BCUT2D eigenvalue weighted by Gasteiger charge is 2.24. The maximum atomic E-state index is 12.3. The monoisotopic (exact) mass is 282 g/mol. The van der Waals surface area contributed by atoms with Crippen molar-refractivity contribution in [2.45, 2.75) is 19.3 Å². The third-order valence-electron chi connectivity index (χ3n) is 3.67. The van der Waals surface area contributed by atoms with Gasteiger partial charge in [0.05, 0.1) is 5.56 Å². The van der Waals surface area contributed by atoms with Gasteiger partial charge in [0.2, 0.25) is 0 Å². The molecular weight excluding hydrogens is 264 g/mol. The second kappa shape index (κ2) is 6.26. The third-order valence-corrected chi connectivity index (χ3v) is 3.90. The molecule has 0 bridgehead atoms. The molecule has 0 unspecified atom stereocenters. The zero-order valence-electron chi connectivity index (χ0n) is 10.8. The first-order valence-electron chi connectivity index (χ1n) is 6.59. The van der Waals surface area contributed by atoms with Gasteiger partial charge in [-0.25, -0.2) is 0 Å². The van der Waals surface area contributed by atoms with Gasteiger partial charge in [-0.3, -0.25) is 4.79 Å². The highest BCUT2D eigenvalue weighted by atomic mass is 35.5. The Balaban J connectivity index is 2.03. The van der Waals surface area contributed by atoms with Crippen LogP contribution in [0.15, 0.2) is 18.2 Å². The number of amides is 1. The summed E-state index contributed by atoms with van der Waals surface area (Å²) in [5, 5.41) is 10.2. The van der Waals surface area contributed by atoms with Crippen LogP contribution in [-0.4, -0.2) is 35.5 Å². The van der Waals surface area contributed by atoms with E-state index in [0.717, 1.165) is 32.4 Å². The lowest BCUT2D eigenvalue weighted by molar-refractivity contribution is 0.0685. The molecule has 0 saturated carbocycles. The van der Waals surface area contributed by atoms with Crippen molar-refractivity contribution in [3.8, 4) is 5.75 Å². The van der Waals surface area contributed by atoms with Gasteiger partial charge in [-0.15, -0.1) is 0 Å². The fourth-order valence-corrected chi connectivity index (χ4v) is 2.68. The first kappa shape index (κ1) is 14.2. The van der Waals surface area contributed by atoms with Gasteiger partial charge in [-0.05, 0) is 49.9 Å². The number of carbonyl (C=O) groups is 1. The van der Waals surface area contributed by atoms with Crippen LogP contribution in [0.1, 0.15) is 29.6 Å². The molecule has 3 N–H and O–H groups in total. The SMILES string of the molecule is NCCC1CCN(C(=O)c2cc(Cl)ccc2O)CC1. The van der Waals surface area contributed by atoms with Crippen LogP contribution in [0.4, 0.5) is 0 Å². The Morgan fingerprint density at radius 1 is 1.42 bits per heavy atom. The Labute approximate surface area is 118 Å². The summed E-state index contributed by atoms with van der Waals surface area (Å²) in [4.78, 5) is 14.1. The minimum Gasteiger partial charge on any atom is -0.507 e. The average Bonchev–Trinajstić information content (AvgIpc) is 2.42. The van der Waals surface area contributed by atoms with Crippen LogP contribution in [0.5, 0.6) is 5.75 Å². The van der Waals surface area contributed by atoms with Crippen LogP contribution >= 0.6 is 11.6 Å². The Bertz CT molecular complexity index is 457. The van der Waals surface area contributed by atoms with E-state index in [4.69, 9.17) is 17.3 Å². The summed E-state index contributed by atoms with van der Waals surface area (Å²) in [7, 11) is 0. The lowest BCUT2D eigenvalue weighted by Crippen LogP contribution is -2.38. The number of aromatic hydroxyl groups is 1. The summed E-state index contributed by atoms with van der Waals surface area (Å²) in [5.74, 6) is 0.451. The molecule has 1 aromatic carbocycles. The quantitative estimate of drug-likeness (QED) is 0.893. The Morgan fingerprint density at radius 2 is 2.11 bits per heavy atom. The Hall–Kier alpha value is -1.26. The number of benzene rings is 1. The highest BCUT2D eigenvalue weighted by molar-refractivity contribution is 6.31. The number of halogens is 1. The summed E-state index contributed by atoms with van der Waals surface area (Å²) in [6.07, 6.45) is 2.97. The zero-order valence-corrected chi connectivity index (χ0v) is 11.6. The number of carbonyl (C=O) groups excluding carboxylic acids is 1. The summed E-state index contributed by atoms with van der Waals surface area (Å²) in [5.41, 5.74) is 5.84. The van der Waals surface area contributed by atoms with E-state index in [9.17, 15) is 9.90 Å². The van der Waals surface area contributed by atoms with Crippen LogP contribution in [0.2, 0.25) is 5.02 Å². The molecule has 0 aliphatic carbocycles. The molecule has 19 heavy (non-hydrogen) atoms. The number of nitrogens with two attached hydrogens (primary N) is 1. The van der Waals surface area contributed by atoms with Gasteiger partial charge < -0.3 is 15.7 Å². The number of likely N-dealkylation sites (tertiary alicyclic amines) is 1. The van der Waals surface area contributed by atoms with Crippen LogP contribution in [-0.2, 0) is 0 Å². The lowest BCUT2D eigenvalue weighted by Gasteiger charge is -2.32. The van der Waals surface area contributed by atoms with Gasteiger partial charge >= 0.3 is 0 Å². The maximum absolute atomic E-state index is 12.3. The van der Waals surface area contributed by atoms with Gasteiger partial charge in [0.1, 0.15) is 5.75 Å². The number of piperidine rings is 1. The van der Waals surface area contributed by atoms with Crippen molar-refractivity contribution in [1.82, 2.24) is 4.90 Å². The predicted octanol–water partition coefficient (Wildman–Crippen LogP) is 2.25. The Morgan fingerprint density at radius 3 is 2.74 bits per heavy atom. The smallest absolute Gasteiger partial charge is 0.257 e. The van der Waals surface area contributed by atoms with Gasteiger partial charge in [-0.2, -0.15) is 0 Å². The number of rotatable bonds is 3. The molecule has 0 radical (unpaired) electrons. The summed E-state index contributed by atoms with van der Waals surface area (Å²) < 4.78 is 0. The first-order valence-corrected chi connectivity index (χ1v) is 6.97.